The monoisotopic (exact) mass is 400 g/mol. The Morgan fingerprint density at radius 3 is 2.42 bits per heavy atom. The van der Waals surface area contributed by atoms with Gasteiger partial charge in [0.1, 0.15) is 0 Å². The van der Waals surface area contributed by atoms with Crippen molar-refractivity contribution in [2.75, 3.05) is 31.9 Å². The maximum Gasteiger partial charge on any atom is 0.226 e. The first-order valence-electron chi connectivity index (χ1n) is 9.17. The molecule has 5 nitrogen and oxygen atoms in total. The molecule has 1 heterocycles. The molecular weight excluding hydrogens is 372 g/mol. The molecule has 1 saturated heterocycles. The van der Waals surface area contributed by atoms with Gasteiger partial charge in [0.15, 0.2) is 9.84 Å². The van der Waals surface area contributed by atoms with Crippen molar-refractivity contribution in [1.82, 2.24) is 10.2 Å². The zero-order valence-electron chi connectivity index (χ0n) is 15.5. The molecule has 1 atom stereocenters. The summed E-state index contributed by atoms with van der Waals surface area (Å²) in [4.78, 5) is 14.9. The van der Waals surface area contributed by atoms with Crippen molar-refractivity contribution in [1.29, 1.82) is 0 Å². The molecule has 2 fully saturated rings. The van der Waals surface area contributed by atoms with Crippen LogP contribution in [-0.2, 0) is 14.6 Å². The summed E-state index contributed by atoms with van der Waals surface area (Å²) in [5.41, 5.74) is 1.22. The van der Waals surface area contributed by atoms with Crippen molar-refractivity contribution in [3.8, 4) is 0 Å². The van der Waals surface area contributed by atoms with Gasteiger partial charge in [0.2, 0.25) is 5.91 Å². The Hall–Kier alpha value is -1.11. The Morgan fingerprint density at radius 2 is 1.85 bits per heavy atom. The smallest absolute Gasteiger partial charge is 0.226 e. The fourth-order valence-electron chi connectivity index (χ4n) is 3.91. The highest BCUT2D eigenvalue weighted by molar-refractivity contribution is 7.91. The number of aryl methyl sites for hydroxylation is 1. The van der Waals surface area contributed by atoms with E-state index in [2.05, 4.69) is 5.32 Å². The topological polar surface area (TPSA) is 66.5 Å². The van der Waals surface area contributed by atoms with Crippen LogP contribution in [0.3, 0.4) is 0 Å². The second-order valence-corrected chi connectivity index (χ2v) is 9.53. The number of carbonyl (C=O) groups excluding carboxylic acids is 1. The third kappa shape index (κ3) is 4.41. The predicted molar refractivity (Wildman–Crippen MR) is 105 cm³/mol. The molecule has 1 spiro atoms. The highest BCUT2D eigenvalue weighted by Crippen LogP contribution is 2.59. The second-order valence-electron chi connectivity index (χ2n) is 7.42. The van der Waals surface area contributed by atoms with E-state index in [9.17, 15) is 13.2 Å². The zero-order chi connectivity index (χ0) is 18.1. The second kappa shape index (κ2) is 8.28. The lowest BCUT2D eigenvalue weighted by Crippen LogP contribution is -2.38. The molecule has 1 amide bonds. The van der Waals surface area contributed by atoms with E-state index in [1.807, 2.05) is 13.8 Å². The normalized spacial score (nSPS) is 21.1. The summed E-state index contributed by atoms with van der Waals surface area (Å²) in [7, 11) is -3.36. The van der Waals surface area contributed by atoms with E-state index in [0.717, 1.165) is 37.9 Å². The average molecular weight is 401 g/mol. The van der Waals surface area contributed by atoms with E-state index >= 15 is 0 Å². The number of amides is 1. The summed E-state index contributed by atoms with van der Waals surface area (Å²) < 4.78 is 25.0. The van der Waals surface area contributed by atoms with E-state index in [-0.39, 0.29) is 41.9 Å². The molecule has 3 rings (SSSR count). The lowest BCUT2D eigenvalue weighted by molar-refractivity contribution is -0.133. The summed E-state index contributed by atoms with van der Waals surface area (Å²) in [5, 5.41) is 3.35. The Balaban J connectivity index is 0.00000243. The SMILES string of the molecule is CCN(CCS(=O)(=O)c1ccc(C)cc1)C(=O)C1CC12CCNCC2.Cl. The van der Waals surface area contributed by atoms with E-state index < -0.39 is 9.84 Å². The van der Waals surface area contributed by atoms with Crippen molar-refractivity contribution in [2.45, 2.75) is 38.0 Å². The molecule has 1 aromatic carbocycles. The van der Waals surface area contributed by atoms with Crippen LogP contribution in [0.4, 0.5) is 0 Å². The van der Waals surface area contributed by atoms with Crippen LogP contribution < -0.4 is 5.32 Å². The number of hydrogen-bond donors (Lipinski definition) is 1. The first-order valence-corrected chi connectivity index (χ1v) is 10.8. The van der Waals surface area contributed by atoms with Crippen LogP contribution >= 0.6 is 12.4 Å². The van der Waals surface area contributed by atoms with Crippen LogP contribution in [0.1, 0.15) is 31.7 Å². The van der Waals surface area contributed by atoms with Gasteiger partial charge in [-0.1, -0.05) is 17.7 Å². The minimum absolute atomic E-state index is 0. The van der Waals surface area contributed by atoms with Crippen LogP contribution in [0.15, 0.2) is 29.2 Å². The zero-order valence-corrected chi connectivity index (χ0v) is 17.2. The van der Waals surface area contributed by atoms with E-state index in [1.165, 1.54) is 0 Å². The first kappa shape index (κ1) is 21.2. The average Bonchev–Trinajstić information content (AvgIpc) is 3.29. The number of benzene rings is 1. The van der Waals surface area contributed by atoms with Gasteiger partial charge in [-0.25, -0.2) is 8.42 Å². The number of carbonyl (C=O) groups is 1. The minimum atomic E-state index is -3.36. The fraction of sp³-hybridized carbons (Fsp3) is 0.632. The molecule has 7 heteroatoms. The van der Waals surface area contributed by atoms with Crippen molar-refractivity contribution in [3.63, 3.8) is 0 Å². The molecule has 0 aromatic heterocycles. The van der Waals surface area contributed by atoms with Gasteiger partial charge in [-0.15, -0.1) is 12.4 Å². The number of halogens is 1. The van der Waals surface area contributed by atoms with Gasteiger partial charge in [-0.05, 0) is 63.7 Å². The van der Waals surface area contributed by atoms with Crippen LogP contribution in [0.25, 0.3) is 0 Å². The van der Waals surface area contributed by atoms with E-state index in [4.69, 9.17) is 0 Å². The Labute approximate surface area is 162 Å². The maximum atomic E-state index is 12.8. The predicted octanol–water partition coefficient (Wildman–Crippen LogP) is 2.43. The van der Waals surface area contributed by atoms with Crippen molar-refractivity contribution in [3.05, 3.63) is 29.8 Å². The van der Waals surface area contributed by atoms with Gasteiger partial charge >= 0.3 is 0 Å². The molecule has 0 bridgehead atoms. The summed E-state index contributed by atoms with van der Waals surface area (Å²) in [6.45, 7) is 6.66. The van der Waals surface area contributed by atoms with Crippen molar-refractivity contribution >= 4 is 28.2 Å². The van der Waals surface area contributed by atoms with Gasteiger partial charge in [0, 0.05) is 19.0 Å². The van der Waals surface area contributed by atoms with Crippen molar-refractivity contribution in [2.24, 2.45) is 11.3 Å². The van der Waals surface area contributed by atoms with Crippen molar-refractivity contribution < 1.29 is 13.2 Å². The quantitative estimate of drug-likeness (QED) is 0.796. The highest BCUT2D eigenvalue weighted by Gasteiger charge is 2.58. The number of hydrogen-bond acceptors (Lipinski definition) is 4. The standard InChI is InChI=1S/C19H28N2O3S.ClH/c1-3-21(18(22)17-14-19(17)8-10-20-11-9-19)12-13-25(23,24)16-6-4-15(2)5-7-16;/h4-7,17,20H,3,8-14H2,1-2H3;1H. The van der Waals surface area contributed by atoms with E-state index in [1.54, 1.807) is 29.2 Å². The number of nitrogens with one attached hydrogen (secondary N) is 1. The molecule has 1 saturated carbocycles. The molecule has 0 radical (unpaired) electrons. The molecular formula is C19H29ClN2O3S. The number of rotatable bonds is 6. The summed E-state index contributed by atoms with van der Waals surface area (Å²) in [6, 6.07) is 6.91. The third-order valence-electron chi connectivity index (χ3n) is 5.79. The molecule has 26 heavy (non-hydrogen) atoms. The third-order valence-corrected chi connectivity index (χ3v) is 7.50. The highest BCUT2D eigenvalue weighted by atomic mass is 35.5. The molecule has 1 aliphatic carbocycles. The maximum absolute atomic E-state index is 12.8. The van der Waals surface area contributed by atoms with Gasteiger partial charge in [0.25, 0.3) is 0 Å². The fourth-order valence-corrected chi connectivity index (χ4v) is 5.16. The first-order chi connectivity index (χ1) is 11.9. The summed E-state index contributed by atoms with van der Waals surface area (Å²) in [5.74, 6) is 0.219. The summed E-state index contributed by atoms with van der Waals surface area (Å²) >= 11 is 0. The molecule has 1 unspecified atom stereocenters. The minimum Gasteiger partial charge on any atom is -0.342 e. The lowest BCUT2D eigenvalue weighted by Gasteiger charge is -2.26. The Kier molecular flexibility index (Phi) is 6.75. The van der Waals surface area contributed by atoms with Gasteiger partial charge in [-0.2, -0.15) is 0 Å². The lowest BCUT2D eigenvalue weighted by atomic mass is 9.91. The molecule has 2 aliphatic rings. The molecule has 1 aromatic rings. The number of sulfone groups is 1. The van der Waals surface area contributed by atoms with Gasteiger partial charge in [-0.3, -0.25) is 4.79 Å². The van der Waals surface area contributed by atoms with E-state index in [0.29, 0.717) is 11.4 Å². The summed E-state index contributed by atoms with van der Waals surface area (Å²) in [6.07, 6.45) is 3.08. The van der Waals surface area contributed by atoms with Crippen LogP contribution in [0, 0.1) is 18.3 Å². The number of piperidine rings is 1. The molecule has 146 valence electrons. The number of nitrogens with zero attached hydrogens (tertiary/aromatic N) is 1. The van der Waals surface area contributed by atoms with Crippen LogP contribution in [0.5, 0.6) is 0 Å². The van der Waals surface area contributed by atoms with Crippen LogP contribution in [-0.4, -0.2) is 51.2 Å². The largest absolute Gasteiger partial charge is 0.342 e. The van der Waals surface area contributed by atoms with Gasteiger partial charge < -0.3 is 10.2 Å². The molecule has 1 N–H and O–H groups in total. The Bertz CT molecular complexity index is 728. The van der Waals surface area contributed by atoms with Gasteiger partial charge in [0.05, 0.1) is 10.6 Å². The Morgan fingerprint density at radius 1 is 1.23 bits per heavy atom. The van der Waals surface area contributed by atoms with Crippen LogP contribution in [0.2, 0.25) is 0 Å². The molecule has 1 aliphatic heterocycles.